The summed E-state index contributed by atoms with van der Waals surface area (Å²) in [6.45, 7) is 2.45. The van der Waals surface area contributed by atoms with Crippen LogP contribution < -0.4 is 20.3 Å². The summed E-state index contributed by atoms with van der Waals surface area (Å²) in [5.74, 6) is -2.68. The van der Waals surface area contributed by atoms with Crippen molar-refractivity contribution in [2.24, 2.45) is 0 Å². The maximum absolute atomic E-state index is 13.9. The van der Waals surface area contributed by atoms with Crippen LogP contribution in [0, 0.1) is 0 Å². The Morgan fingerprint density at radius 1 is 1.19 bits per heavy atom. The molecule has 2 N–H and O–H groups in total. The van der Waals surface area contributed by atoms with E-state index in [-0.39, 0.29) is 41.5 Å². The fourth-order valence-electron chi connectivity index (χ4n) is 4.50. The highest BCUT2D eigenvalue weighted by Gasteiger charge is 2.36. The summed E-state index contributed by atoms with van der Waals surface area (Å²) < 4.78 is 34.5. The minimum atomic E-state index is -2.82. The molecule has 0 aliphatic carbocycles. The summed E-state index contributed by atoms with van der Waals surface area (Å²) in [5, 5.41) is 7.99. The third-order valence-electron chi connectivity index (χ3n) is 6.11. The van der Waals surface area contributed by atoms with Gasteiger partial charge in [0, 0.05) is 47.1 Å². The minimum Gasteiger partial charge on any atom is -0.405 e. The Bertz CT molecular complexity index is 1520. The number of amides is 1. The van der Waals surface area contributed by atoms with Crippen molar-refractivity contribution in [1.82, 2.24) is 25.3 Å². The third kappa shape index (κ3) is 4.24. The highest BCUT2D eigenvalue weighted by molar-refractivity contribution is 7.21. The van der Waals surface area contributed by atoms with Crippen LogP contribution in [0.3, 0.4) is 0 Å². The molecular weight excluding hydrogens is 512 g/mol. The molecule has 2 aliphatic rings. The summed E-state index contributed by atoms with van der Waals surface area (Å²) in [5.41, 5.74) is 1.45. The number of thiophene rings is 1. The molecule has 13 heteroatoms. The molecule has 0 spiro atoms. The van der Waals surface area contributed by atoms with Crippen LogP contribution in [-0.2, 0) is 0 Å². The number of halogens is 3. The number of carbonyl (C=O) groups excluding carboxylic acids is 1. The van der Waals surface area contributed by atoms with Crippen LogP contribution in [0.25, 0.3) is 21.0 Å². The first kappa shape index (κ1) is 23.0. The Morgan fingerprint density at radius 2 is 2.06 bits per heavy atom. The number of rotatable bonds is 3. The van der Waals surface area contributed by atoms with Crippen LogP contribution in [-0.4, -0.2) is 57.4 Å². The number of nitrogens with zero attached hydrogens (tertiary/aromatic N) is 5. The molecule has 0 unspecified atom stereocenters. The zero-order chi connectivity index (χ0) is 25.0. The first-order valence-corrected chi connectivity index (χ1v) is 12.6. The zero-order valence-electron chi connectivity index (χ0n) is 19.0. The van der Waals surface area contributed by atoms with Gasteiger partial charge in [-0.1, -0.05) is 0 Å². The summed E-state index contributed by atoms with van der Waals surface area (Å²) in [7, 11) is 0. The molecule has 1 atom stereocenters. The van der Waals surface area contributed by atoms with Crippen LogP contribution in [0.15, 0.2) is 24.3 Å². The predicted octanol–water partition coefficient (Wildman–Crippen LogP) is 4.86. The number of nitrogens with one attached hydrogen (secondary N) is 2. The number of hydrogen-bond donors (Lipinski definition) is 2. The maximum atomic E-state index is 13.9. The number of anilines is 2. The van der Waals surface area contributed by atoms with Gasteiger partial charge in [-0.15, -0.1) is 11.3 Å². The van der Waals surface area contributed by atoms with Gasteiger partial charge >= 0.3 is 6.01 Å². The van der Waals surface area contributed by atoms with E-state index < -0.39 is 12.5 Å². The first-order valence-electron chi connectivity index (χ1n) is 11.4. The molecule has 6 rings (SSSR count). The van der Waals surface area contributed by atoms with Gasteiger partial charge in [0.25, 0.3) is 11.8 Å². The number of aromatic nitrogens is 4. The van der Waals surface area contributed by atoms with Crippen molar-refractivity contribution in [1.29, 1.82) is 0 Å². The number of piperidine rings is 1. The van der Waals surface area contributed by atoms with Crippen molar-refractivity contribution in [3.63, 3.8) is 0 Å². The normalized spacial score (nSPS) is 19.5. The van der Waals surface area contributed by atoms with Crippen LogP contribution in [0.4, 0.5) is 20.4 Å². The lowest BCUT2D eigenvalue weighted by molar-refractivity contribution is -0.0121. The number of benzene rings is 1. The van der Waals surface area contributed by atoms with E-state index in [9.17, 15) is 13.6 Å². The Labute approximate surface area is 212 Å². The SMILES string of the molecule is C[C@H]1CNc2c(sc3ccc4nc(Oc5nc(Cl)nc(N6CCCC(F)(F)C6)n5)ccc4c23)C(=O)N1. The number of hydrogen-bond acceptors (Lipinski definition) is 9. The molecule has 186 valence electrons. The molecule has 3 aromatic heterocycles. The topological polar surface area (TPSA) is 105 Å². The summed E-state index contributed by atoms with van der Waals surface area (Å²) in [6.07, 6.45) is 0.140. The van der Waals surface area contributed by atoms with Crippen molar-refractivity contribution in [3.8, 4) is 11.9 Å². The lowest BCUT2D eigenvalue weighted by atomic mass is 10.1. The number of alkyl halides is 2. The average molecular weight is 532 g/mol. The van der Waals surface area contributed by atoms with Gasteiger partial charge in [-0.05, 0) is 43.1 Å². The van der Waals surface area contributed by atoms with Gasteiger partial charge in [-0.25, -0.2) is 13.8 Å². The Balaban J connectivity index is 1.34. The van der Waals surface area contributed by atoms with Gasteiger partial charge in [0.15, 0.2) is 0 Å². The molecular formula is C23H20ClF2N7O2S. The van der Waals surface area contributed by atoms with Crippen molar-refractivity contribution in [3.05, 3.63) is 34.4 Å². The summed E-state index contributed by atoms with van der Waals surface area (Å²) >= 11 is 7.47. The highest BCUT2D eigenvalue weighted by atomic mass is 35.5. The summed E-state index contributed by atoms with van der Waals surface area (Å²) in [6, 6.07) is 7.16. The van der Waals surface area contributed by atoms with Gasteiger partial charge in [-0.3, -0.25) is 4.79 Å². The second-order valence-electron chi connectivity index (χ2n) is 8.89. The average Bonchev–Trinajstić information content (AvgIpc) is 3.14. The second kappa shape index (κ2) is 8.63. The van der Waals surface area contributed by atoms with Crippen LogP contribution in [0.5, 0.6) is 11.9 Å². The fraction of sp³-hybridized carbons (Fsp3) is 0.348. The second-order valence-corrected chi connectivity index (χ2v) is 10.3. The Kier molecular flexibility index (Phi) is 5.52. The monoisotopic (exact) mass is 531 g/mol. The lowest BCUT2D eigenvalue weighted by Gasteiger charge is -2.32. The predicted molar refractivity (Wildman–Crippen MR) is 134 cm³/mol. The fourth-order valence-corrected chi connectivity index (χ4v) is 5.75. The van der Waals surface area contributed by atoms with Gasteiger partial charge < -0.3 is 20.3 Å². The van der Waals surface area contributed by atoms with E-state index in [4.69, 9.17) is 16.3 Å². The number of fused-ring (bicyclic) bond motifs is 5. The standard InChI is InChI=1S/C23H20ClF2N7O2S/c1-11-9-27-17-16-12-3-6-15(29-13(12)4-5-14(16)36-18(17)19(34)28-11)35-22-31-20(24)30-21(32-22)33-8-2-7-23(25,26)10-33/h3-6,11,27H,2,7-10H2,1H3,(H,28,34)/t11-/m0/s1. The molecule has 5 heterocycles. The smallest absolute Gasteiger partial charge is 0.329 e. The van der Waals surface area contributed by atoms with Gasteiger partial charge in [0.2, 0.25) is 17.1 Å². The number of pyridine rings is 1. The van der Waals surface area contributed by atoms with E-state index in [0.29, 0.717) is 29.9 Å². The maximum Gasteiger partial charge on any atom is 0.329 e. The number of ether oxygens (including phenoxy) is 1. The molecule has 4 aromatic rings. The van der Waals surface area contributed by atoms with Crippen molar-refractivity contribution in [2.75, 3.05) is 29.9 Å². The van der Waals surface area contributed by atoms with Gasteiger partial charge in [-0.2, -0.15) is 15.0 Å². The molecule has 36 heavy (non-hydrogen) atoms. The molecule has 0 bridgehead atoms. The molecule has 1 aromatic carbocycles. The zero-order valence-corrected chi connectivity index (χ0v) is 20.6. The lowest BCUT2D eigenvalue weighted by Crippen LogP contribution is -2.43. The third-order valence-corrected chi connectivity index (χ3v) is 7.44. The van der Waals surface area contributed by atoms with E-state index >= 15 is 0 Å². The number of carbonyl (C=O) groups is 1. The van der Waals surface area contributed by atoms with Crippen molar-refractivity contribution < 1.29 is 18.3 Å². The largest absolute Gasteiger partial charge is 0.405 e. The van der Waals surface area contributed by atoms with E-state index in [2.05, 4.69) is 30.6 Å². The van der Waals surface area contributed by atoms with Gasteiger partial charge in [0.05, 0.1) is 17.7 Å². The van der Waals surface area contributed by atoms with Gasteiger partial charge in [0.1, 0.15) is 4.88 Å². The van der Waals surface area contributed by atoms with E-state index in [1.54, 1.807) is 6.07 Å². The Hall–Kier alpha value is -3.38. The van der Waals surface area contributed by atoms with Crippen molar-refractivity contribution >= 4 is 61.5 Å². The van der Waals surface area contributed by atoms with E-state index in [1.165, 1.54) is 16.2 Å². The molecule has 1 saturated heterocycles. The molecule has 0 saturated carbocycles. The Morgan fingerprint density at radius 3 is 2.89 bits per heavy atom. The molecule has 1 amide bonds. The van der Waals surface area contributed by atoms with Crippen LogP contribution in [0.2, 0.25) is 5.28 Å². The molecule has 1 fully saturated rings. The molecule has 9 nitrogen and oxygen atoms in total. The summed E-state index contributed by atoms with van der Waals surface area (Å²) in [4.78, 5) is 31.4. The van der Waals surface area contributed by atoms with Crippen molar-refractivity contribution in [2.45, 2.75) is 31.7 Å². The van der Waals surface area contributed by atoms with Crippen LogP contribution in [0.1, 0.15) is 29.4 Å². The minimum absolute atomic E-state index is 0.00787. The first-order chi connectivity index (χ1) is 17.3. The molecule has 0 radical (unpaired) electrons. The van der Waals surface area contributed by atoms with E-state index in [1.807, 2.05) is 25.1 Å². The quantitative estimate of drug-likeness (QED) is 0.386. The van der Waals surface area contributed by atoms with Crippen LogP contribution >= 0.6 is 22.9 Å². The van der Waals surface area contributed by atoms with E-state index in [0.717, 1.165) is 21.2 Å². The highest BCUT2D eigenvalue weighted by Crippen LogP contribution is 2.41. The molecule has 2 aliphatic heterocycles.